The molecule has 88 valence electrons. The molecule has 3 rings (SSSR count). The molecule has 0 amide bonds. The third-order valence-corrected chi connectivity index (χ3v) is 3.31. The van der Waals surface area contributed by atoms with E-state index in [1.807, 2.05) is 13.0 Å². The van der Waals surface area contributed by atoms with Gasteiger partial charge in [0.25, 0.3) is 0 Å². The molecular weight excluding hydrogens is 240 g/mol. The van der Waals surface area contributed by atoms with Crippen LogP contribution in [-0.2, 0) is 4.74 Å². The first kappa shape index (κ1) is 10.7. The zero-order chi connectivity index (χ0) is 12.0. The molecule has 5 heteroatoms. The molecule has 1 fully saturated rings. The Morgan fingerprint density at radius 2 is 2.29 bits per heavy atom. The predicted molar refractivity (Wildman–Crippen MR) is 64.7 cm³/mol. The van der Waals surface area contributed by atoms with Gasteiger partial charge in [0.05, 0.1) is 19.3 Å². The molecule has 1 aliphatic rings. The number of ether oxygens (including phenoxy) is 1. The first-order valence-corrected chi connectivity index (χ1v) is 5.79. The molecule has 0 radical (unpaired) electrons. The number of aromatic nitrogens is 2. The molecule has 0 spiro atoms. The molecule has 4 nitrogen and oxygen atoms in total. The molecule has 3 heterocycles. The van der Waals surface area contributed by atoms with Crippen LogP contribution in [0, 0.1) is 6.92 Å². The van der Waals surface area contributed by atoms with Crippen molar-refractivity contribution in [2.75, 3.05) is 13.2 Å². The van der Waals surface area contributed by atoms with Crippen molar-refractivity contribution in [3.63, 3.8) is 0 Å². The first-order valence-electron chi connectivity index (χ1n) is 5.41. The van der Waals surface area contributed by atoms with E-state index in [-0.39, 0.29) is 0 Å². The number of hydrogen-bond donors (Lipinski definition) is 0. The van der Waals surface area contributed by atoms with E-state index in [0.717, 1.165) is 23.0 Å². The number of halogens is 1. The number of carbonyl (C=O) groups is 1. The van der Waals surface area contributed by atoms with Crippen LogP contribution < -0.4 is 0 Å². The molecule has 0 atom stereocenters. The van der Waals surface area contributed by atoms with Gasteiger partial charge in [-0.1, -0.05) is 11.6 Å². The maximum absolute atomic E-state index is 11.0. The fourth-order valence-corrected chi connectivity index (χ4v) is 2.43. The van der Waals surface area contributed by atoms with Crippen LogP contribution in [0.4, 0.5) is 0 Å². The van der Waals surface area contributed by atoms with E-state index < -0.39 is 0 Å². The van der Waals surface area contributed by atoms with Crippen molar-refractivity contribution in [3.8, 4) is 0 Å². The third-order valence-electron chi connectivity index (χ3n) is 3.11. The highest BCUT2D eigenvalue weighted by molar-refractivity contribution is 6.30. The average molecular weight is 251 g/mol. The Bertz CT molecular complexity index is 602. The fraction of sp³-hybridized carbons (Fsp3) is 0.333. The Kier molecular flexibility index (Phi) is 2.42. The average Bonchev–Trinajstić information content (AvgIpc) is 2.53. The monoisotopic (exact) mass is 250 g/mol. The number of pyridine rings is 1. The van der Waals surface area contributed by atoms with E-state index in [2.05, 4.69) is 9.55 Å². The van der Waals surface area contributed by atoms with Crippen LogP contribution in [0.5, 0.6) is 0 Å². The Morgan fingerprint density at radius 1 is 1.53 bits per heavy atom. The summed E-state index contributed by atoms with van der Waals surface area (Å²) in [7, 11) is 0. The lowest BCUT2D eigenvalue weighted by molar-refractivity contribution is -0.0223. The quantitative estimate of drug-likeness (QED) is 0.607. The topological polar surface area (TPSA) is 44.1 Å². The van der Waals surface area contributed by atoms with Gasteiger partial charge in [0.2, 0.25) is 0 Å². The lowest BCUT2D eigenvalue weighted by Gasteiger charge is -2.29. The number of rotatable bonds is 2. The van der Waals surface area contributed by atoms with Gasteiger partial charge >= 0.3 is 0 Å². The SMILES string of the molecule is Cc1cc2c(C=O)cc(Cl)nc2n1C1COC1. The van der Waals surface area contributed by atoms with Gasteiger partial charge in [0.15, 0.2) is 6.29 Å². The molecule has 0 bridgehead atoms. The maximum Gasteiger partial charge on any atom is 0.150 e. The maximum atomic E-state index is 11.0. The van der Waals surface area contributed by atoms with Crippen LogP contribution in [0.2, 0.25) is 5.15 Å². The molecule has 0 unspecified atom stereocenters. The number of aldehydes is 1. The fourth-order valence-electron chi connectivity index (χ4n) is 2.24. The van der Waals surface area contributed by atoms with Crippen LogP contribution in [0.25, 0.3) is 11.0 Å². The highest BCUT2D eigenvalue weighted by atomic mass is 35.5. The summed E-state index contributed by atoms with van der Waals surface area (Å²) in [6, 6.07) is 3.87. The van der Waals surface area contributed by atoms with E-state index in [0.29, 0.717) is 30.0 Å². The Morgan fingerprint density at radius 3 is 2.88 bits per heavy atom. The smallest absolute Gasteiger partial charge is 0.150 e. The Balaban J connectivity index is 2.31. The largest absolute Gasteiger partial charge is 0.377 e. The zero-order valence-electron chi connectivity index (χ0n) is 9.31. The van der Waals surface area contributed by atoms with Gasteiger partial charge in [-0.3, -0.25) is 4.79 Å². The second-order valence-corrected chi connectivity index (χ2v) is 4.62. The molecule has 0 N–H and O–H groups in total. The van der Waals surface area contributed by atoms with Crippen molar-refractivity contribution in [2.45, 2.75) is 13.0 Å². The van der Waals surface area contributed by atoms with Crippen LogP contribution >= 0.6 is 11.6 Å². The highest BCUT2D eigenvalue weighted by Gasteiger charge is 2.24. The lowest BCUT2D eigenvalue weighted by Crippen LogP contribution is -2.31. The molecular formula is C12H11ClN2O2. The summed E-state index contributed by atoms with van der Waals surface area (Å²) in [4.78, 5) is 15.3. The second kappa shape index (κ2) is 3.82. The molecule has 0 aliphatic carbocycles. The van der Waals surface area contributed by atoms with Gasteiger partial charge in [-0.25, -0.2) is 4.98 Å². The standard InChI is InChI=1S/C12H11ClN2O2/c1-7-2-10-8(4-16)3-11(13)14-12(10)15(7)9-5-17-6-9/h2-4,9H,5-6H2,1H3. The molecule has 0 aromatic carbocycles. The normalized spacial score (nSPS) is 16.1. The number of fused-ring (bicyclic) bond motifs is 1. The van der Waals surface area contributed by atoms with Crippen LogP contribution in [0.3, 0.4) is 0 Å². The van der Waals surface area contributed by atoms with Crippen molar-refractivity contribution < 1.29 is 9.53 Å². The zero-order valence-corrected chi connectivity index (χ0v) is 10.1. The molecule has 0 saturated carbocycles. The molecule has 2 aromatic rings. The van der Waals surface area contributed by atoms with Crippen molar-refractivity contribution in [1.82, 2.24) is 9.55 Å². The summed E-state index contributed by atoms with van der Waals surface area (Å²) < 4.78 is 7.29. The minimum absolute atomic E-state index is 0.304. The van der Waals surface area contributed by atoms with Gasteiger partial charge in [-0.05, 0) is 19.1 Å². The van der Waals surface area contributed by atoms with Gasteiger partial charge < -0.3 is 9.30 Å². The van der Waals surface area contributed by atoms with E-state index in [1.165, 1.54) is 0 Å². The Hall–Kier alpha value is -1.39. The second-order valence-electron chi connectivity index (χ2n) is 4.24. The van der Waals surface area contributed by atoms with E-state index in [9.17, 15) is 4.79 Å². The number of hydrogen-bond acceptors (Lipinski definition) is 3. The van der Waals surface area contributed by atoms with Gasteiger partial charge in [-0.15, -0.1) is 0 Å². The number of nitrogens with zero attached hydrogens (tertiary/aromatic N) is 2. The number of carbonyl (C=O) groups excluding carboxylic acids is 1. The van der Waals surface area contributed by atoms with Gasteiger partial charge in [-0.2, -0.15) is 0 Å². The van der Waals surface area contributed by atoms with Crippen molar-refractivity contribution in [2.24, 2.45) is 0 Å². The number of aryl methyl sites for hydroxylation is 1. The minimum Gasteiger partial charge on any atom is -0.377 e. The third kappa shape index (κ3) is 1.56. The van der Waals surface area contributed by atoms with Gasteiger partial charge in [0, 0.05) is 16.6 Å². The van der Waals surface area contributed by atoms with Crippen LogP contribution in [-0.4, -0.2) is 29.1 Å². The van der Waals surface area contributed by atoms with Crippen molar-refractivity contribution in [1.29, 1.82) is 0 Å². The highest BCUT2D eigenvalue weighted by Crippen LogP contribution is 2.29. The summed E-state index contributed by atoms with van der Waals surface area (Å²) in [5, 5.41) is 1.20. The van der Waals surface area contributed by atoms with Crippen LogP contribution in [0.1, 0.15) is 22.1 Å². The van der Waals surface area contributed by atoms with Crippen molar-refractivity contribution in [3.05, 3.63) is 28.5 Å². The van der Waals surface area contributed by atoms with Crippen molar-refractivity contribution >= 4 is 28.9 Å². The first-order chi connectivity index (χ1) is 8.20. The summed E-state index contributed by atoms with van der Waals surface area (Å²) in [5.74, 6) is 0. The van der Waals surface area contributed by atoms with E-state index >= 15 is 0 Å². The van der Waals surface area contributed by atoms with Crippen LogP contribution in [0.15, 0.2) is 12.1 Å². The molecule has 2 aromatic heterocycles. The summed E-state index contributed by atoms with van der Waals surface area (Å²) in [6.07, 6.45) is 0.816. The molecule has 1 aliphatic heterocycles. The van der Waals surface area contributed by atoms with Gasteiger partial charge in [0.1, 0.15) is 10.8 Å². The predicted octanol–water partition coefficient (Wildman–Crippen LogP) is 2.38. The summed E-state index contributed by atoms with van der Waals surface area (Å²) in [6.45, 7) is 3.38. The minimum atomic E-state index is 0.304. The summed E-state index contributed by atoms with van der Waals surface area (Å²) in [5.41, 5.74) is 2.43. The van der Waals surface area contributed by atoms with E-state index in [4.69, 9.17) is 16.3 Å². The lowest BCUT2D eigenvalue weighted by atomic mass is 10.2. The molecule has 17 heavy (non-hydrogen) atoms. The Labute approximate surface area is 103 Å². The summed E-state index contributed by atoms with van der Waals surface area (Å²) >= 11 is 5.94. The van der Waals surface area contributed by atoms with E-state index in [1.54, 1.807) is 6.07 Å². The molecule has 1 saturated heterocycles.